The van der Waals surface area contributed by atoms with E-state index in [2.05, 4.69) is 9.94 Å². The largest absolute Gasteiger partial charge is 0.366 e. The van der Waals surface area contributed by atoms with Crippen LogP contribution in [0.15, 0.2) is 5.10 Å². The van der Waals surface area contributed by atoms with Gasteiger partial charge in [-0.3, -0.25) is 0 Å². The molecule has 6 nitrogen and oxygen atoms in total. The molecule has 0 aromatic carbocycles. The van der Waals surface area contributed by atoms with E-state index in [0.717, 1.165) is 0 Å². The molecule has 0 aliphatic heterocycles. The Bertz CT molecular complexity index is 144. The number of guanidine groups is 1. The lowest BCUT2D eigenvalue weighted by Crippen LogP contribution is -2.34. The molecule has 10 heavy (non-hydrogen) atoms. The number of nitrogens with one attached hydrogen (secondary N) is 1. The molecule has 0 amide bonds. The molecule has 0 unspecified atom stereocenters. The molecular formula is C4H10N4O2. The highest BCUT2D eigenvalue weighted by Crippen LogP contribution is 1.77. The maximum atomic E-state index is 10.4. The number of hydroxylamine groups is 1. The molecule has 0 aliphatic rings. The zero-order valence-electron chi connectivity index (χ0n) is 5.63. The van der Waals surface area contributed by atoms with E-state index in [4.69, 9.17) is 11.6 Å². The van der Waals surface area contributed by atoms with Crippen LogP contribution in [0.25, 0.3) is 0 Å². The molecule has 0 atom stereocenters. The van der Waals surface area contributed by atoms with E-state index in [1.807, 2.05) is 5.48 Å². The number of nitrogens with zero attached hydrogens (tertiary/aromatic N) is 1. The van der Waals surface area contributed by atoms with Crippen LogP contribution >= 0.6 is 0 Å². The zero-order chi connectivity index (χ0) is 7.98. The van der Waals surface area contributed by atoms with Gasteiger partial charge < -0.3 is 16.4 Å². The normalized spacial score (nSPS) is 10.7. The number of hydrogen-bond acceptors (Lipinski definition) is 4. The third-order valence-electron chi connectivity index (χ3n) is 0.697. The van der Waals surface area contributed by atoms with Gasteiger partial charge >= 0.3 is 5.97 Å². The van der Waals surface area contributed by atoms with Crippen molar-refractivity contribution in [2.45, 2.75) is 13.3 Å². The van der Waals surface area contributed by atoms with Crippen LogP contribution in [-0.2, 0) is 9.63 Å². The van der Waals surface area contributed by atoms with Crippen LogP contribution in [0.3, 0.4) is 0 Å². The van der Waals surface area contributed by atoms with Gasteiger partial charge in [-0.25, -0.2) is 4.79 Å². The van der Waals surface area contributed by atoms with Crippen molar-refractivity contribution in [3.63, 3.8) is 0 Å². The van der Waals surface area contributed by atoms with Crippen molar-refractivity contribution < 1.29 is 9.63 Å². The fourth-order valence-electron chi connectivity index (χ4n) is 0.208. The number of hydrogen-bond donors (Lipinski definition) is 3. The van der Waals surface area contributed by atoms with Crippen LogP contribution in [-0.4, -0.2) is 11.9 Å². The van der Waals surface area contributed by atoms with Gasteiger partial charge in [0.2, 0.25) is 5.96 Å². The lowest BCUT2D eigenvalue weighted by atomic mass is 10.5. The molecule has 0 radical (unpaired) electrons. The fourth-order valence-corrected chi connectivity index (χ4v) is 0.208. The van der Waals surface area contributed by atoms with E-state index in [9.17, 15) is 4.79 Å². The van der Waals surface area contributed by atoms with Gasteiger partial charge in [0.05, 0.1) is 0 Å². The van der Waals surface area contributed by atoms with Gasteiger partial charge in [-0.05, 0) is 0 Å². The van der Waals surface area contributed by atoms with Crippen molar-refractivity contribution in [2.24, 2.45) is 16.7 Å². The Morgan fingerprint density at radius 1 is 1.80 bits per heavy atom. The molecule has 0 saturated heterocycles. The first-order chi connectivity index (χ1) is 4.70. The molecule has 0 fully saturated rings. The first-order valence-corrected chi connectivity index (χ1v) is 2.69. The maximum Gasteiger partial charge on any atom is 0.331 e. The third kappa shape index (κ3) is 3.53. The van der Waals surface area contributed by atoms with Crippen LogP contribution in [0.1, 0.15) is 13.3 Å². The van der Waals surface area contributed by atoms with Crippen LogP contribution in [0, 0.1) is 0 Å². The number of rotatable bonds is 1. The summed E-state index contributed by atoms with van der Waals surface area (Å²) in [6, 6.07) is 0. The summed E-state index contributed by atoms with van der Waals surface area (Å²) in [5.74, 6) is 4.15. The molecule has 0 aromatic rings. The second-order valence-corrected chi connectivity index (χ2v) is 1.44. The smallest absolute Gasteiger partial charge is 0.331 e. The summed E-state index contributed by atoms with van der Waals surface area (Å²) in [7, 11) is 0. The van der Waals surface area contributed by atoms with Gasteiger partial charge in [0.25, 0.3) is 0 Å². The number of carbonyl (C=O) groups excluding carboxylic acids is 1. The molecule has 0 rings (SSSR count). The zero-order valence-corrected chi connectivity index (χ0v) is 5.63. The van der Waals surface area contributed by atoms with Crippen molar-refractivity contribution in [3.8, 4) is 0 Å². The summed E-state index contributed by atoms with van der Waals surface area (Å²) >= 11 is 0. The van der Waals surface area contributed by atoms with E-state index in [-0.39, 0.29) is 12.4 Å². The predicted molar refractivity (Wildman–Crippen MR) is 35.3 cm³/mol. The first-order valence-electron chi connectivity index (χ1n) is 2.69. The quantitative estimate of drug-likeness (QED) is 0.183. The first kappa shape index (κ1) is 8.54. The second-order valence-electron chi connectivity index (χ2n) is 1.44. The van der Waals surface area contributed by atoms with E-state index in [1.165, 1.54) is 0 Å². The van der Waals surface area contributed by atoms with Crippen LogP contribution in [0.2, 0.25) is 0 Å². The van der Waals surface area contributed by atoms with Crippen molar-refractivity contribution in [2.75, 3.05) is 0 Å². The summed E-state index contributed by atoms with van der Waals surface area (Å²) in [6.45, 7) is 1.65. The van der Waals surface area contributed by atoms with Crippen molar-refractivity contribution in [3.05, 3.63) is 0 Å². The second kappa shape index (κ2) is 4.42. The lowest BCUT2D eigenvalue weighted by molar-refractivity contribution is -0.147. The molecule has 0 aromatic heterocycles. The minimum Gasteiger partial charge on any atom is -0.366 e. The van der Waals surface area contributed by atoms with E-state index >= 15 is 0 Å². The Balaban J connectivity index is 3.45. The highest BCUT2D eigenvalue weighted by molar-refractivity contribution is 5.78. The molecule has 0 aliphatic carbocycles. The van der Waals surface area contributed by atoms with E-state index in [0.29, 0.717) is 0 Å². The highest BCUT2D eigenvalue weighted by Gasteiger charge is 1.97. The molecule has 5 N–H and O–H groups in total. The van der Waals surface area contributed by atoms with Crippen molar-refractivity contribution in [1.29, 1.82) is 0 Å². The average molecular weight is 146 g/mol. The SMILES string of the molecule is CCC(=O)ONC(N)=NN. The molecule has 0 heterocycles. The van der Waals surface area contributed by atoms with Crippen molar-refractivity contribution in [1.82, 2.24) is 5.48 Å². The monoisotopic (exact) mass is 146 g/mol. The fraction of sp³-hybridized carbons (Fsp3) is 0.500. The standard InChI is InChI=1S/C4H10N4O2/c1-2-3(9)10-8-4(5)7-6/h2,6H2,1H3,(H3,5,7,8). The Morgan fingerprint density at radius 3 is 2.80 bits per heavy atom. The van der Waals surface area contributed by atoms with Crippen molar-refractivity contribution >= 4 is 11.9 Å². The minimum atomic E-state index is -0.424. The maximum absolute atomic E-state index is 10.4. The summed E-state index contributed by atoms with van der Waals surface area (Å²) in [5, 5.41) is 3.00. The van der Waals surface area contributed by atoms with Gasteiger partial charge in [0, 0.05) is 6.42 Å². The summed E-state index contributed by atoms with van der Waals surface area (Å²) in [4.78, 5) is 14.7. The lowest BCUT2D eigenvalue weighted by Gasteiger charge is -2.01. The molecular weight excluding hydrogens is 136 g/mol. The summed E-state index contributed by atoms with van der Waals surface area (Å²) in [6.07, 6.45) is 0.269. The number of nitrogens with two attached hydrogens (primary N) is 2. The molecule has 0 spiro atoms. The third-order valence-corrected chi connectivity index (χ3v) is 0.697. The summed E-state index contributed by atoms with van der Waals surface area (Å²) < 4.78 is 0. The topological polar surface area (TPSA) is 103 Å². The molecule has 6 heteroatoms. The number of carbonyl (C=O) groups is 1. The summed E-state index contributed by atoms with van der Waals surface area (Å²) in [5.41, 5.74) is 7.05. The highest BCUT2D eigenvalue weighted by atomic mass is 16.7. The van der Waals surface area contributed by atoms with Gasteiger partial charge in [-0.15, -0.1) is 5.10 Å². The Labute approximate surface area is 58.2 Å². The molecule has 0 bridgehead atoms. The van der Waals surface area contributed by atoms with Gasteiger partial charge in [0.1, 0.15) is 0 Å². The number of hydrazone groups is 1. The molecule has 58 valence electrons. The predicted octanol–water partition coefficient (Wildman–Crippen LogP) is -1.37. The van der Waals surface area contributed by atoms with Gasteiger partial charge in [-0.2, -0.15) is 5.48 Å². The Kier molecular flexibility index (Phi) is 3.78. The van der Waals surface area contributed by atoms with Crippen LogP contribution < -0.4 is 17.1 Å². The van der Waals surface area contributed by atoms with E-state index in [1.54, 1.807) is 6.92 Å². The van der Waals surface area contributed by atoms with Gasteiger partial charge in [0.15, 0.2) is 0 Å². The average Bonchev–Trinajstić information content (AvgIpc) is 1.99. The van der Waals surface area contributed by atoms with Crippen LogP contribution in [0.4, 0.5) is 0 Å². The van der Waals surface area contributed by atoms with Gasteiger partial charge in [-0.1, -0.05) is 6.92 Å². The minimum absolute atomic E-state index is 0.137. The molecule has 0 saturated carbocycles. The van der Waals surface area contributed by atoms with Crippen LogP contribution in [0.5, 0.6) is 0 Å². The Morgan fingerprint density at radius 2 is 2.40 bits per heavy atom. The Hall–Kier alpha value is -1.46. The van der Waals surface area contributed by atoms with E-state index < -0.39 is 5.97 Å².